The van der Waals surface area contributed by atoms with E-state index in [4.69, 9.17) is 0 Å². The zero-order chi connectivity index (χ0) is 72.3. The van der Waals surface area contributed by atoms with E-state index >= 15 is 0 Å². The zero-order valence-electron chi connectivity index (χ0n) is 59.7. The molecule has 0 radical (unpaired) electrons. The van der Waals surface area contributed by atoms with Crippen LogP contribution >= 0.6 is 22.7 Å². The summed E-state index contributed by atoms with van der Waals surface area (Å²) in [5.74, 6) is 0. The maximum Gasteiger partial charge on any atom is 0.0541 e. The summed E-state index contributed by atoms with van der Waals surface area (Å²) in [5, 5.41) is 14.9. The van der Waals surface area contributed by atoms with Crippen LogP contribution in [0.3, 0.4) is 0 Å². The van der Waals surface area contributed by atoms with Crippen molar-refractivity contribution < 1.29 is 0 Å². The molecule has 514 valence electrons. The van der Waals surface area contributed by atoms with E-state index in [1.54, 1.807) is 0 Å². The van der Waals surface area contributed by atoms with Crippen molar-refractivity contribution in [3.63, 3.8) is 0 Å². The van der Waals surface area contributed by atoms with Gasteiger partial charge in [-0.1, -0.05) is 273 Å². The molecule has 0 saturated heterocycles. The Morgan fingerprint density at radius 2 is 0.545 bits per heavy atom. The van der Waals surface area contributed by atoms with Gasteiger partial charge in [-0.25, -0.2) is 0 Å². The zero-order valence-corrected chi connectivity index (χ0v) is 61.3. The molecule has 4 nitrogen and oxygen atoms in total. The van der Waals surface area contributed by atoms with Gasteiger partial charge in [0.15, 0.2) is 0 Å². The predicted molar refractivity (Wildman–Crippen MR) is 472 cm³/mol. The smallest absolute Gasteiger partial charge is 0.0541 e. The van der Waals surface area contributed by atoms with E-state index in [1.807, 2.05) is 22.7 Å². The molecule has 22 rings (SSSR count). The van der Waals surface area contributed by atoms with Crippen molar-refractivity contribution in [1.29, 1.82) is 0 Å². The number of aromatic nitrogens is 2. The molecule has 110 heavy (non-hydrogen) atoms. The van der Waals surface area contributed by atoms with Crippen LogP contribution in [0.2, 0.25) is 0 Å². The van der Waals surface area contributed by atoms with Crippen molar-refractivity contribution in [1.82, 2.24) is 9.13 Å². The first-order valence-corrected chi connectivity index (χ1v) is 39.2. The van der Waals surface area contributed by atoms with Crippen molar-refractivity contribution in [3.05, 3.63) is 400 Å². The van der Waals surface area contributed by atoms with Gasteiger partial charge in [0.2, 0.25) is 0 Å². The Balaban J connectivity index is 0.634. The van der Waals surface area contributed by atoms with Gasteiger partial charge < -0.3 is 18.9 Å². The van der Waals surface area contributed by atoms with Crippen molar-refractivity contribution >= 4 is 162 Å². The number of anilines is 6. The number of benzene rings is 18. The number of hydrogen-bond acceptors (Lipinski definition) is 4. The molecule has 0 spiro atoms. The second kappa shape index (κ2) is 26.0. The van der Waals surface area contributed by atoms with Gasteiger partial charge in [0.05, 0.1) is 33.4 Å². The lowest BCUT2D eigenvalue weighted by Crippen LogP contribution is -2.12. The summed E-state index contributed by atoms with van der Waals surface area (Å²) in [5.41, 5.74) is 25.3. The Hall–Kier alpha value is -13.9. The number of hydrogen-bond donors (Lipinski definition) is 0. The third kappa shape index (κ3) is 10.3. The maximum absolute atomic E-state index is 2.46. The lowest BCUT2D eigenvalue weighted by Gasteiger charge is -2.29. The first-order chi connectivity index (χ1) is 54.6. The first-order valence-electron chi connectivity index (χ1n) is 37.6. The summed E-state index contributed by atoms with van der Waals surface area (Å²) in [6.45, 7) is 0. The van der Waals surface area contributed by atoms with E-state index in [2.05, 4.69) is 419 Å². The van der Waals surface area contributed by atoms with Crippen LogP contribution < -0.4 is 9.80 Å². The van der Waals surface area contributed by atoms with Gasteiger partial charge in [-0.2, -0.15) is 0 Å². The quantitative estimate of drug-likeness (QED) is 0.114. The van der Waals surface area contributed by atoms with E-state index in [1.165, 1.54) is 150 Å². The van der Waals surface area contributed by atoms with Crippen LogP contribution in [0.4, 0.5) is 34.1 Å². The second-order valence-corrected chi connectivity index (χ2v) is 30.7. The van der Waals surface area contributed by atoms with Crippen LogP contribution in [0, 0.1) is 0 Å². The van der Waals surface area contributed by atoms with Crippen LogP contribution in [-0.4, -0.2) is 9.13 Å². The van der Waals surface area contributed by atoms with Crippen molar-refractivity contribution in [3.8, 4) is 67.0 Å². The van der Waals surface area contributed by atoms with E-state index in [9.17, 15) is 0 Å². The Morgan fingerprint density at radius 3 is 1.11 bits per heavy atom. The molecule has 0 fully saturated rings. The molecule has 4 aromatic heterocycles. The predicted octanol–water partition coefficient (Wildman–Crippen LogP) is 30.2. The molecule has 0 amide bonds. The minimum atomic E-state index is 1.06. The number of rotatable bonds is 13. The summed E-state index contributed by atoms with van der Waals surface area (Å²) in [6, 6.07) is 148. The highest BCUT2D eigenvalue weighted by Crippen LogP contribution is 2.51. The van der Waals surface area contributed by atoms with E-state index in [0.29, 0.717) is 0 Å². The van der Waals surface area contributed by atoms with Crippen molar-refractivity contribution in [2.75, 3.05) is 9.80 Å². The third-order valence-corrected chi connectivity index (χ3v) is 24.8. The molecule has 18 aromatic carbocycles. The van der Waals surface area contributed by atoms with Gasteiger partial charge in [-0.05, 0) is 193 Å². The van der Waals surface area contributed by atoms with E-state index in [-0.39, 0.29) is 0 Å². The topological polar surface area (TPSA) is 16.3 Å². The number of fused-ring (bicyclic) bond motifs is 14. The second-order valence-electron chi connectivity index (χ2n) is 28.6. The fourth-order valence-electron chi connectivity index (χ4n) is 17.7. The van der Waals surface area contributed by atoms with Gasteiger partial charge in [0, 0.05) is 107 Å². The molecular weight excluding hydrogens is 1370 g/mol. The Morgan fingerprint density at radius 1 is 0.191 bits per heavy atom. The molecule has 0 aliphatic carbocycles. The molecule has 6 heteroatoms. The van der Waals surface area contributed by atoms with Crippen LogP contribution in [-0.2, 0) is 0 Å². The normalized spacial score (nSPS) is 11.8. The van der Waals surface area contributed by atoms with E-state index in [0.717, 1.165) is 56.6 Å². The highest BCUT2D eigenvalue weighted by atomic mass is 32.1. The minimum absolute atomic E-state index is 1.06. The number of nitrogens with zero attached hydrogens (tertiary/aromatic N) is 4. The fraction of sp³-hybridized carbons (Fsp3) is 0. The van der Waals surface area contributed by atoms with Gasteiger partial charge in [0.25, 0.3) is 0 Å². The average molecular weight is 1440 g/mol. The Labute approximate surface area is 644 Å². The third-order valence-electron chi connectivity index (χ3n) is 22.5. The van der Waals surface area contributed by atoms with Gasteiger partial charge in [-0.15, -0.1) is 22.7 Å². The average Bonchev–Trinajstić information content (AvgIpc) is 1.59. The molecule has 4 heterocycles. The summed E-state index contributed by atoms with van der Waals surface area (Å²) in [7, 11) is 0. The van der Waals surface area contributed by atoms with Crippen molar-refractivity contribution in [2.45, 2.75) is 0 Å². The molecule has 0 aliphatic rings. The molecular formula is C104H66N4S2. The molecule has 0 unspecified atom stereocenters. The molecule has 0 N–H and O–H groups in total. The summed E-state index contributed by atoms with van der Waals surface area (Å²) in [4.78, 5) is 4.91. The maximum atomic E-state index is 2.46. The van der Waals surface area contributed by atoms with Crippen LogP contribution in [0.1, 0.15) is 0 Å². The summed E-state index contributed by atoms with van der Waals surface area (Å²) in [6.07, 6.45) is 0. The molecule has 22 aromatic rings. The molecule has 0 saturated carbocycles. The molecule has 0 aliphatic heterocycles. The Bertz CT molecular complexity index is 7310. The minimum Gasteiger partial charge on any atom is -0.310 e. The van der Waals surface area contributed by atoms with Crippen molar-refractivity contribution in [2.24, 2.45) is 0 Å². The first kappa shape index (κ1) is 63.4. The summed E-state index contributed by atoms with van der Waals surface area (Å²) >= 11 is 3.74. The Kier molecular flexibility index (Phi) is 15.0. The van der Waals surface area contributed by atoms with Gasteiger partial charge in [0.1, 0.15) is 0 Å². The monoisotopic (exact) mass is 1430 g/mol. The number of thiophene rings is 2. The molecule has 0 atom stereocenters. The summed E-state index contributed by atoms with van der Waals surface area (Å²) < 4.78 is 9.89. The van der Waals surface area contributed by atoms with Crippen LogP contribution in [0.15, 0.2) is 400 Å². The largest absolute Gasteiger partial charge is 0.310 e. The van der Waals surface area contributed by atoms with Crippen LogP contribution in [0.5, 0.6) is 0 Å². The van der Waals surface area contributed by atoms with Gasteiger partial charge >= 0.3 is 0 Å². The lowest BCUT2D eigenvalue weighted by molar-refractivity contribution is 1.17. The SMILES string of the molecule is c1cc(N(c2ccc(-c3cccc4c(-c5ccc6c(c5)sc5cccc(-c7ccccc7N(c7ccc(-c8cccc9ccccc89)cc7)c7ccc(-n8c9ccccc9c9ccccc98)cc7)c56)cccc34)cc2)c2ccccc2-c2cccc3sc4ccccc4c23)cc(-n2c3ccccc3c3ccccc32)c1. The van der Waals surface area contributed by atoms with Gasteiger partial charge in [-0.3, -0.25) is 0 Å². The van der Waals surface area contributed by atoms with Crippen LogP contribution in [0.25, 0.3) is 173 Å². The highest BCUT2D eigenvalue weighted by Gasteiger charge is 2.25. The standard InChI is InChI=1S/C104H66N4S2/c1-2-27-77-67(23-1)24-17-35-78(77)68-51-56-71(57-52-68)105(73-60-62-74(63-61-73)107-95-44-12-3-28-83(95)84-29-4-13-45-96(84)107)93-42-10-7-32-87(93)90-41-22-50-101-104(90)92-64-55-70(65-102(92)110-101)80-37-20-38-81-79(36-19-39-82(80)81)69-53-58-72(59-54-69)106(75-25-18-26-76(66-75)108-97-46-14-5-30-85(97)86-31-6-15-47-98(86)108)94-43-11-8-33-88(94)89-40-21-49-100-103(89)91-34-9-16-48-99(91)109-100/h1-66H. The fourth-order valence-corrected chi connectivity index (χ4v) is 20.0. The lowest BCUT2D eigenvalue weighted by atomic mass is 9.92. The number of para-hydroxylation sites is 6. The molecule has 0 bridgehead atoms. The van der Waals surface area contributed by atoms with E-state index < -0.39 is 0 Å². The highest BCUT2D eigenvalue weighted by molar-refractivity contribution is 7.26.